The second kappa shape index (κ2) is 10.5. The Morgan fingerprint density at radius 3 is 2.74 bits per heavy atom. The van der Waals surface area contributed by atoms with E-state index in [0.29, 0.717) is 24.4 Å². The molecule has 1 aromatic heterocycles. The van der Waals surface area contributed by atoms with E-state index in [0.717, 1.165) is 33.2 Å². The molecule has 0 aliphatic carbocycles. The van der Waals surface area contributed by atoms with Crippen LogP contribution in [0.2, 0.25) is 0 Å². The molecule has 4 aromatic rings. The van der Waals surface area contributed by atoms with E-state index in [1.165, 1.54) is 0 Å². The van der Waals surface area contributed by atoms with Gasteiger partial charge >= 0.3 is 5.69 Å². The van der Waals surface area contributed by atoms with Gasteiger partial charge in [-0.1, -0.05) is 36.4 Å². The minimum atomic E-state index is -0.658. The third-order valence-corrected chi connectivity index (χ3v) is 7.09. The van der Waals surface area contributed by atoms with Crippen LogP contribution in [0.15, 0.2) is 59.4 Å². The summed E-state index contributed by atoms with van der Waals surface area (Å²) in [5.41, 5.74) is 3.08. The predicted octanol–water partition coefficient (Wildman–Crippen LogP) is 2.50. The Kier molecular flexibility index (Phi) is 6.97. The molecule has 1 aliphatic rings. The number of likely N-dealkylation sites (N-methyl/N-ethyl adjacent to an activating group) is 1. The zero-order chi connectivity index (χ0) is 26.8. The van der Waals surface area contributed by atoms with Crippen molar-refractivity contribution in [3.63, 3.8) is 0 Å². The topological polar surface area (TPSA) is 132 Å². The van der Waals surface area contributed by atoms with E-state index in [4.69, 9.17) is 4.74 Å². The lowest BCUT2D eigenvalue weighted by atomic mass is 10.00. The lowest BCUT2D eigenvalue weighted by Gasteiger charge is -2.28. The molecule has 3 aromatic carbocycles. The first-order valence-corrected chi connectivity index (χ1v) is 12.5. The Morgan fingerprint density at radius 1 is 1.18 bits per heavy atom. The molecule has 0 radical (unpaired) electrons. The summed E-state index contributed by atoms with van der Waals surface area (Å²) >= 11 is 0. The largest absolute Gasteiger partial charge is 0.496 e. The number of ether oxygens (including phenoxy) is 1. The Balaban J connectivity index is 1.56. The number of carbonyl (C=O) groups excluding carboxylic acids is 2. The van der Waals surface area contributed by atoms with Crippen molar-refractivity contribution < 1.29 is 14.3 Å². The second-order valence-corrected chi connectivity index (χ2v) is 9.37. The third kappa shape index (κ3) is 4.78. The number of benzene rings is 3. The molecule has 0 fully saturated rings. The molecular weight excluding hydrogens is 484 g/mol. The van der Waals surface area contributed by atoms with E-state index < -0.39 is 12.1 Å². The number of aromatic amines is 2. The molecule has 2 amide bonds. The van der Waals surface area contributed by atoms with Crippen molar-refractivity contribution in [3.8, 4) is 17.1 Å². The van der Waals surface area contributed by atoms with Crippen molar-refractivity contribution in [2.75, 3.05) is 19.1 Å². The van der Waals surface area contributed by atoms with Gasteiger partial charge in [0, 0.05) is 16.8 Å². The Bertz CT molecular complexity index is 1560. The lowest BCUT2D eigenvalue weighted by Crippen LogP contribution is -2.52. The van der Waals surface area contributed by atoms with Crippen molar-refractivity contribution in [1.29, 1.82) is 0 Å². The molecular formula is C28H30N6O4. The first kappa shape index (κ1) is 25.2. The van der Waals surface area contributed by atoms with Gasteiger partial charge in [0.05, 0.1) is 19.7 Å². The summed E-state index contributed by atoms with van der Waals surface area (Å²) < 4.78 is 5.72. The SMILES string of the molecule is CN[C@@H](C)C(=O)N[C@H]1CCc2ccccc2N(Cc2c(OC)ccc3cc(-c4n[nH]c(=O)[nH]4)ccc23)C1=O. The highest BCUT2D eigenvalue weighted by Crippen LogP contribution is 2.35. The van der Waals surface area contributed by atoms with E-state index in [-0.39, 0.29) is 24.0 Å². The molecule has 2 heterocycles. The Morgan fingerprint density at radius 2 is 2.00 bits per heavy atom. The normalized spacial score (nSPS) is 16.1. The molecule has 4 N–H and O–H groups in total. The van der Waals surface area contributed by atoms with Gasteiger partial charge in [-0.2, -0.15) is 5.10 Å². The highest BCUT2D eigenvalue weighted by molar-refractivity contribution is 6.02. The number of fused-ring (bicyclic) bond motifs is 2. The van der Waals surface area contributed by atoms with Crippen molar-refractivity contribution in [1.82, 2.24) is 25.8 Å². The van der Waals surface area contributed by atoms with Crippen molar-refractivity contribution in [2.24, 2.45) is 0 Å². The van der Waals surface area contributed by atoms with Gasteiger partial charge in [0.2, 0.25) is 11.8 Å². The maximum Gasteiger partial charge on any atom is 0.340 e. The van der Waals surface area contributed by atoms with Crippen LogP contribution in [0.25, 0.3) is 22.2 Å². The number of anilines is 1. The Hall–Kier alpha value is -4.44. The first-order chi connectivity index (χ1) is 18.4. The van der Waals surface area contributed by atoms with Gasteiger partial charge in [0.25, 0.3) is 0 Å². The summed E-state index contributed by atoms with van der Waals surface area (Å²) in [5, 5.41) is 14.1. The van der Waals surface area contributed by atoms with Crippen molar-refractivity contribution >= 4 is 28.3 Å². The fraction of sp³-hybridized carbons (Fsp3) is 0.286. The number of amides is 2. The van der Waals surface area contributed by atoms with E-state index in [2.05, 4.69) is 25.8 Å². The average Bonchev–Trinajstić information content (AvgIpc) is 3.33. The first-order valence-electron chi connectivity index (χ1n) is 12.5. The van der Waals surface area contributed by atoms with Crippen molar-refractivity contribution in [2.45, 2.75) is 38.4 Å². The number of nitrogens with one attached hydrogen (secondary N) is 4. The van der Waals surface area contributed by atoms with Gasteiger partial charge in [-0.25, -0.2) is 9.89 Å². The monoisotopic (exact) mass is 514 g/mol. The average molecular weight is 515 g/mol. The van der Waals surface area contributed by atoms with Crippen LogP contribution < -0.4 is 26.0 Å². The van der Waals surface area contributed by atoms with Crippen LogP contribution in [0.4, 0.5) is 5.69 Å². The number of para-hydroxylation sites is 1. The molecule has 0 saturated heterocycles. The summed E-state index contributed by atoms with van der Waals surface area (Å²) in [6.45, 7) is 2.01. The molecule has 196 valence electrons. The summed E-state index contributed by atoms with van der Waals surface area (Å²) in [7, 11) is 3.32. The summed E-state index contributed by atoms with van der Waals surface area (Å²) in [5.74, 6) is 0.706. The molecule has 1 aliphatic heterocycles. The van der Waals surface area contributed by atoms with Gasteiger partial charge in [-0.05, 0) is 61.3 Å². The van der Waals surface area contributed by atoms with Crippen LogP contribution in [-0.4, -0.2) is 53.2 Å². The predicted molar refractivity (Wildman–Crippen MR) is 145 cm³/mol. The van der Waals surface area contributed by atoms with E-state index in [1.54, 1.807) is 26.0 Å². The lowest BCUT2D eigenvalue weighted by molar-refractivity contribution is -0.128. The highest BCUT2D eigenvalue weighted by atomic mass is 16.5. The number of H-pyrrole nitrogens is 2. The van der Waals surface area contributed by atoms with Crippen molar-refractivity contribution in [3.05, 3.63) is 76.2 Å². The van der Waals surface area contributed by atoms with Gasteiger partial charge < -0.3 is 20.3 Å². The van der Waals surface area contributed by atoms with Gasteiger partial charge in [-0.3, -0.25) is 14.6 Å². The summed E-state index contributed by atoms with van der Waals surface area (Å²) in [6, 6.07) is 16.3. The fourth-order valence-electron chi connectivity index (χ4n) is 4.88. The molecule has 0 spiro atoms. The molecule has 0 saturated carbocycles. The third-order valence-electron chi connectivity index (χ3n) is 7.09. The summed E-state index contributed by atoms with van der Waals surface area (Å²) in [4.78, 5) is 42.6. The maximum absolute atomic E-state index is 13.9. The number of nitrogens with zero attached hydrogens (tertiary/aromatic N) is 2. The van der Waals surface area contributed by atoms with Crippen LogP contribution in [0, 0.1) is 0 Å². The molecule has 5 rings (SSSR count). The number of rotatable bonds is 7. The molecule has 0 unspecified atom stereocenters. The van der Waals surface area contributed by atoms with Gasteiger partial charge in [0.1, 0.15) is 11.8 Å². The van der Waals surface area contributed by atoms with E-state index in [1.807, 2.05) is 54.6 Å². The number of methoxy groups -OCH3 is 1. The second-order valence-electron chi connectivity index (χ2n) is 9.37. The summed E-state index contributed by atoms with van der Waals surface area (Å²) in [6.07, 6.45) is 1.17. The highest BCUT2D eigenvalue weighted by Gasteiger charge is 2.33. The van der Waals surface area contributed by atoms with Crippen LogP contribution in [0.1, 0.15) is 24.5 Å². The number of carbonyl (C=O) groups is 2. The molecule has 0 bridgehead atoms. The van der Waals surface area contributed by atoms with E-state index >= 15 is 0 Å². The quantitative estimate of drug-likeness (QED) is 0.300. The Labute approximate surface area is 219 Å². The number of hydrogen-bond donors (Lipinski definition) is 4. The molecule has 2 atom stereocenters. The van der Waals surface area contributed by atoms with Crippen LogP contribution in [0.3, 0.4) is 0 Å². The van der Waals surface area contributed by atoms with Gasteiger partial charge in [0.15, 0.2) is 5.82 Å². The smallest absolute Gasteiger partial charge is 0.340 e. The number of aromatic nitrogens is 3. The standard InChI is InChI=1S/C28H30N6O4/c1-16(29-2)26(35)30-22-12-9-17-6-4-5-7-23(17)34(27(22)36)15-21-20-11-8-19(25-31-28(37)33-32-25)14-18(20)10-13-24(21)38-3/h4-8,10-11,13-14,16,22,29H,9,12,15H2,1-3H3,(H,30,35)(H2,31,32,33,37)/t16-,22-/m0/s1. The fourth-order valence-corrected chi connectivity index (χ4v) is 4.88. The van der Waals surface area contributed by atoms with E-state index in [9.17, 15) is 14.4 Å². The molecule has 10 heteroatoms. The molecule has 38 heavy (non-hydrogen) atoms. The number of hydrogen-bond acceptors (Lipinski definition) is 6. The van der Waals surface area contributed by atoms with Crippen LogP contribution >= 0.6 is 0 Å². The number of aryl methyl sites for hydroxylation is 1. The van der Waals surface area contributed by atoms with Gasteiger partial charge in [-0.15, -0.1) is 0 Å². The minimum absolute atomic E-state index is 0.170. The van der Waals surface area contributed by atoms with Crippen LogP contribution in [0.5, 0.6) is 5.75 Å². The minimum Gasteiger partial charge on any atom is -0.496 e. The maximum atomic E-state index is 13.9. The molecule has 10 nitrogen and oxygen atoms in total. The zero-order valence-electron chi connectivity index (χ0n) is 21.5. The van der Waals surface area contributed by atoms with Crippen LogP contribution in [-0.2, 0) is 22.6 Å². The zero-order valence-corrected chi connectivity index (χ0v) is 21.5.